The minimum Gasteiger partial charge on any atom is -0.359 e. The van der Waals surface area contributed by atoms with E-state index < -0.39 is 0 Å². The fraction of sp³-hybridized carbons (Fsp3) is 0.263. The lowest BCUT2D eigenvalue weighted by molar-refractivity contribution is 0.0942. The number of nitrogens with one attached hydrogen (secondary N) is 2. The summed E-state index contributed by atoms with van der Waals surface area (Å²) < 4.78 is 7.26. The van der Waals surface area contributed by atoms with E-state index in [9.17, 15) is 4.79 Å². The minimum absolute atomic E-state index is 0.265. The second-order valence-corrected chi connectivity index (χ2v) is 6.33. The van der Waals surface area contributed by atoms with Crippen molar-refractivity contribution in [1.29, 1.82) is 0 Å². The first-order chi connectivity index (χ1) is 13.1. The number of nitrogens with zero attached hydrogens (tertiary/aromatic N) is 4. The summed E-state index contributed by atoms with van der Waals surface area (Å²) in [5.41, 5.74) is 4.03. The first-order valence-corrected chi connectivity index (χ1v) is 8.83. The van der Waals surface area contributed by atoms with E-state index in [0.717, 1.165) is 34.7 Å². The van der Waals surface area contributed by atoms with Crippen LogP contribution in [0.5, 0.6) is 0 Å². The van der Waals surface area contributed by atoms with Gasteiger partial charge in [0.05, 0.1) is 35.5 Å². The third-order valence-electron chi connectivity index (χ3n) is 4.43. The van der Waals surface area contributed by atoms with Gasteiger partial charge in [-0.3, -0.25) is 9.89 Å². The number of H-pyrrole nitrogens is 1. The topological polar surface area (TPSA) is 102 Å². The Labute approximate surface area is 155 Å². The highest BCUT2D eigenvalue weighted by Crippen LogP contribution is 2.17. The Bertz CT molecular complexity index is 1090. The number of hydrogen-bond donors (Lipinski definition) is 2. The first-order valence-electron chi connectivity index (χ1n) is 8.83. The number of hydrogen-bond acceptors (Lipinski definition) is 5. The molecule has 4 aromatic rings. The normalized spacial score (nSPS) is 11.2. The summed E-state index contributed by atoms with van der Waals surface area (Å²) >= 11 is 0. The standard InChI is InChI=1S/C19H20N6O2/c1-3-13-8-15(27-24-13)10-20-19(26)17-9-14(22-23-17)11-25-12(2)21-16-6-4-5-7-18(16)25/h4-9H,3,10-11H2,1-2H3,(H,20,26)(H,22,23). The smallest absolute Gasteiger partial charge is 0.272 e. The number of aromatic amines is 1. The Morgan fingerprint density at radius 2 is 2.15 bits per heavy atom. The first kappa shape index (κ1) is 17.0. The van der Waals surface area contributed by atoms with E-state index in [-0.39, 0.29) is 12.5 Å². The van der Waals surface area contributed by atoms with Gasteiger partial charge in [-0.2, -0.15) is 5.10 Å². The van der Waals surface area contributed by atoms with Crippen LogP contribution in [0.15, 0.2) is 40.9 Å². The average molecular weight is 364 g/mol. The summed E-state index contributed by atoms with van der Waals surface area (Å²) in [6.07, 6.45) is 0.794. The van der Waals surface area contributed by atoms with Crippen LogP contribution in [0.25, 0.3) is 11.0 Å². The number of carbonyl (C=O) groups excluding carboxylic acids is 1. The van der Waals surface area contributed by atoms with Gasteiger partial charge >= 0.3 is 0 Å². The fourth-order valence-corrected chi connectivity index (χ4v) is 2.99. The largest absolute Gasteiger partial charge is 0.359 e. The molecule has 2 N–H and O–H groups in total. The van der Waals surface area contributed by atoms with Crippen molar-refractivity contribution in [3.8, 4) is 0 Å². The zero-order valence-corrected chi connectivity index (χ0v) is 15.2. The molecule has 0 saturated carbocycles. The van der Waals surface area contributed by atoms with Gasteiger partial charge < -0.3 is 14.4 Å². The van der Waals surface area contributed by atoms with E-state index >= 15 is 0 Å². The highest BCUT2D eigenvalue weighted by molar-refractivity contribution is 5.92. The Morgan fingerprint density at radius 3 is 2.96 bits per heavy atom. The lowest BCUT2D eigenvalue weighted by Crippen LogP contribution is -2.22. The third-order valence-corrected chi connectivity index (χ3v) is 4.43. The second kappa shape index (κ2) is 7.06. The number of fused-ring (bicyclic) bond motifs is 1. The van der Waals surface area contributed by atoms with Crippen molar-refractivity contribution in [3.63, 3.8) is 0 Å². The predicted molar refractivity (Wildman–Crippen MR) is 99.2 cm³/mol. The lowest BCUT2D eigenvalue weighted by Gasteiger charge is -2.04. The van der Waals surface area contributed by atoms with Crippen LogP contribution in [0.4, 0.5) is 0 Å². The van der Waals surface area contributed by atoms with Crippen molar-refractivity contribution < 1.29 is 9.32 Å². The summed E-state index contributed by atoms with van der Waals surface area (Å²) in [7, 11) is 0. The monoisotopic (exact) mass is 364 g/mol. The van der Waals surface area contributed by atoms with E-state index in [2.05, 4.69) is 30.2 Å². The molecule has 3 aromatic heterocycles. The Kier molecular flexibility index (Phi) is 4.45. The van der Waals surface area contributed by atoms with Gasteiger partial charge in [-0.25, -0.2) is 4.98 Å². The summed E-state index contributed by atoms with van der Waals surface area (Å²) in [6, 6.07) is 11.6. The third kappa shape index (κ3) is 3.46. The maximum Gasteiger partial charge on any atom is 0.272 e. The van der Waals surface area contributed by atoms with Gasteiger partial charge in [-0.1, -0.05) is 24.2 Å². The van der Waals surface area contributed by atoms with Crippen molar-refractivity contribution >= 4 is 16.9 Å². The van der Waals surface area contributed by atoms with Crippen molar-refractivity contribution in [1.82, 2.24) is 30.2 Å². The van der Waals surface area contributed by atoms with Gasteiger partial charge in [-0.15, -0.1) is 0 Å². The molecule has 3 heterocycles. The molecule has 8 nitrogen and oxygen atoms in total. The molecule has 0 unspecified atom stereocenters. The van der Waals surface area contributed by atoms with Gasteiger partial charge in [0.25, 0.3) is 5.91 Å². The van der Waals surface area contributed by atoms with Crippen molar-refractivity contribution in [2.75, 3.05) is 0 Å². The summed E-state index contributed by atoms with van der Waals surface area (Å²) in [4.78, 5) is 16.9. The van der Waals surface area contributed by atoms with Crippen LogP contribution < -0.4 is 5.32 Å². The molecule has 4 rings (SSSR count). The molecule has 0 bridgehead atoms. The van der Waals surface area contributed by atoms with Gasteiger partial charge in [0.15, 0.2) is 5.76 Å². The van der Waals surface area contributed by atoms with Gasteiger partial charge in [0.2, 0.25) is 0 Å². The minimum atomic E-state index is -0.265. The molecule has 0 atom stereocenters. The molecule has 0 radical (unpaired) electrons. The molecule has 1 amide bonds. The molecule has 0 aliphatic heterocycles. The van der Waals surface area contributed by atoms with Crippen LogP contribution in [-0.4, -0.2) is 30.8 Å². The molecule has 0 aliphatic rings. The number of imidazole rings is 1. The fourth-order valence-electron chi connectivity index (χ4n) is 2.99. The molecule has 138 valence electrons. The SMILES string of the molecule is CCc1cc(CNC(=O)c2cc(Cn3c(C)nc4ccccc43)[nH]n2)on1. The Morgan fingerprint density at radius 1 is 1.30 bits per heavy atom. The number of aryl methyl sites for hydroxylation is 2. The van der Waals surface area contributed by atoms with Crippen LogP contribution in [0.1, 0.15) is 40.4 Å². The van der Waals surface area contributed by atoms with E-state index in [1.54, 1.807) is 6.07 Å². The Balaban J connectivity index is 1.44. The highest BCUT2D eigenvalue weighted by atomic mass is 16.5. The maximum atomic E-state index is 12.3. The van der Waals surface area contributed by atoms with Crippen LogP contribution in [0, 0.1) is 6.92 Å². The maximum absolute atomic E-state index is 12.3. The van der Waals surface area contributed by atoms with Crippen LogP contribution in [0.2, 0.25) is 0 Å². The van der Waals surface area contributed by atoms with E-state index in [4.69, 9.17) is 4.52 Å². The summed E-state index contributed by atoms with van der Waals surface area (Å²) in [5.74, 6) is 1.27. The molecule has 0 fully saturated rings. The number of benzene rings is 1. The number of carbonyl (C=O) groups is 1. The van der Waals surface area contributed by atoms with Crippen LogP contribution >= 0.6 is 0 Å². The van der Waals surface area contributed by atoms with Crippen molar-refractivity contribution in [3.05, 3.63) is 65.1 Å². The summed E-state index contributed by atoms with van der Waals surface area (Å²) in [6.45, 7) is 4.80. The number of amides is 1. The number of rotatable bonds is 6. The van der Waals surface area contributed by atoms with E-state index in [1.807, 2.05) is 44.2 Å². The number of aromatic nitrogens is 5. The molecule has 0 spiro atoms. The predicted octanol–water partition coefficient (Wildman–Crippen LogP) is 2.60. The molecule has 0 aliphatic carbocycles. The highest BCUT2D eigenvalue weighted by Gasteiger charge is 2.13. The van der Waals surface area contributed by atoms with Crippen molar-refractivity contribution in [2.45, 2.75) is 33.4 Å². The molecule has 8 heteroatoms. The molecule has 1 aromatic carbocycles. The van der Waals surface area contributed by atoms with Gasteiger partial charge in [-0.05, 0) is 31.5 Å². The van der Waals surface area contributed by atoms with Gasteiger partial charge in [0, 0.05) is 6.07 Å². The second-order valence-electron chi connectivity index (χ2n) is 6.33. The van der Waals surface area contributed by atoms with Crippen LogP contribution in [0.3, 0.4) is 0 Å². The zero-order chi connectivity index (χ0) is 18.8. The van der Waals surface area contributed by atoms with Gasteiger partial charge in [0.1, 0.15) is 11.5 Å². The van der Waals surface area contributed by atoms with Crippen LogP contribution in [-0.2, 0) is 19.5 Å². The summed E-state index contributed by atoms with van der Waals surface area (Å²) in [5, 5.41) is 13.8. The molecule has 27 heavy (non-hydrogen) atoms. The molecular formula is C19H20N6O2. The molecule has 0 saturated heterocycles. The van der Waals surface area contributed by atoms with Crippen molar-refractivity contribution in [2.24, 2.45) is 0 Å². The molecular weight excluding hydrogens is 344 g/mol. The average Bonchev–Trinajstić information content (AvgIpc) is 3.40. The lowest BCUT2D eigenvalue weighted by atomic mass is 10.3. The zero-order valence-electron chi connectivity index (χ0n) is 15.2. The Hall–Kier alpha value is -3.42. The number of para-hydroxylation sites is 2. The quantitative estimate of drug-likeness (QED) is 0.547. The van der Waals surface area contributed by atoms with E-state index in [1.165, 1.54) is 0 Å². The van der Waals surface area contributed by atoms with E-state index in [0.29, 0.717) is 18.0 Å².